The fourth-order valence-electron chi connectivity index (χ4n) is 2.32. The maximum absolute atomic E-state index is 13.8. The number of rotatable bonds is 7. The lowest BCUT2D eigenvalue weighted by atomic mass is 9.91. The average molecular weight is 316 g/mol. The lowest BCUT2D eigenvalue weighted by molar-refractivity contribution is 0.354. The van der Waals surface area contributed by atoms with Gasteiger partial charge in [0.05, 0.1) is 0 Å². The van der Waals surface area contributed by atoms with E-state index in [0.717, 1.165) is 23.0 Å². The van der Waals surface area contributed by atoms with Gasteiger partial charge >= 0.3 is 0 Å². The van der Waals surface area contributed by atoms with Crippen LogP contribution >= 0.6 is 15.9 Å². The monoisotopic (exact) mass is 315 g/mol. The van der Waals surface area contributed by atoms with Crippen LogP contribution in [0.25, 0.3) is 0 Å². The predicted molar refractivity (Wildman–Crippen MR) is 79.3 cm³/mol. The highest BCUT2D eigenvalue weighted by molar-refractivity contribution is 9.10. The molecule has 0 spiro atoms. The summed E-state index contributed by atoms with van der Waals surface area (Å²) in [6.45, 7) is 7.47. The summed E-state index contributed by atoms with van der Waals surface area (Å²) in [4.78, 5) is 0. The van der Waals surface area contributed by atoms with Crippen LogP contribution < -0.4 is 5.32 Å². The van der Waals surface area contributed by atoms with Gasteiger partial charge in [-0.15, -0.1) is 0 Å². The molecule has 1 nitrogen and oxygen atoms in total. The molecule has 0 amide bonds. The third-order valence-electron chi connectivity index (χ3n) is 3.35. The number of hydrogen-bond donors (Lipinski definition) is 1. The van der Waals surface area contributed by atoms with Crippen LogP contribution in [-0.2, 0) is 6.42 Å². The fraction of sp³-hybridized carbons (Fsp3) is 0.600. The summed E-state index contributed by atoms with van der Waals surface area (Å²) >= 11 is 3.29. The second kappa shape index (κ2) is 7.90. The molecule has 0 saturated carbocycles. The zero-order valence-corrected chi connectivity index (χ0v) is 13.1. The highest BCUT2D eigenvalue weighted by Crippen LogP contribution is 2.20. The zero-order chi connectivity index (χ0) is 13.5. The summed E-state index contributed by atoms with van der Waals surface area (Å²) in [6, 6.07) is 5.68. The molecule has 1 N–H and O–H groups in total. The summed E-state index contributed by atoms with van der Waals surface area (Å²) in [5.74, 6) is 0.453. The molecule has 0 saturated heterocycles. The molecule has 0 aliphatic carbocycles. The van der Waals surface area contributed by atoms with Gasteiger partial charge in [-0.05, 0) is 43.0 Å². The summed E-state index contributed by atoms with van der Waals surface area (Å²) in [5.41, 5.74) is 0.798. The Balaban J connectivity index is 2.75. The van der Waals surface area contributed by atoms with Gasteiger partial charge in [0, 0.05) is 10.5 Å². The first-order chi connectivity index (χ1) is 8.58. The summed E-state index contributed by atoms with van der Waals surface area (Å²) < 4.78 is 14.6. The van der Waals surface area contributed by atoms with E-state index in [-0.39, 0.29) is 5.82 Å². The van der Waals surface area contributed by atoms with Crippen molar-refractivity contribution in [2.75, 3.05) is 6.54 Å². The van der Waals surface area contributed by atoms with E-state index < -0.39 is 0 Å². The maximum Gasteiger partial charge on any atom is 0.127 e. The first-order valence-corrected chi connectivity index (χ1v) is 7.55. The van der Waals surface area contributed by atoms with E-state index in [2.05, 4.69) is 42.0 Å². The summed E-state index contributed by atoms with van der Waals surface area (Å²) in [7, 11) is 0. The molecular weight excluding hydrogens is 293 g/mol. The van der Waals surface area contributed by atoms with E-state index in [1.54, 1.807) is 6.07 Å². The van der Waals surface area contributed by atoms with Crippen LogP contribution in [0, 0.1) is 11.7 Å². The minimum absolute atomic E-state index is 0.115. The van der Waals surface area contributed by atoms with Crippen molar-refractivity contribution in [3.63, 3.8) is 0 Å². The Morgan fingerprint density at radius 2 is 2.06 bits per heavy atom. The molecular formula is C15H23BrFN. The topological polar surface area (TPSA) is 12.0 Å². The third-order valence-corrected chi connectivity index (χ3v) is 3.85. The van der Waals surface area contributed by atoms with Gasteiger partial charge in [0.25, 0.3) is 0 Å². The molecule has 102 valence electrons. The molecule has 2 atom stereocenters. The second-order valence-corrected chi connectivity index (χ2v) is 5.79. The van der Waals surface area contributed by atoms with Crippen molar-refractivity contribution in [3.8, 4) is 0 Å². The van der Waals surface area contributed by atoms with Crippen molar-refractivity contribution in [3.05, 3.63) is 34.1 Å². The van der Waals surface area contributed by atoms with Crippen molar-refractivity contribution in [2.24, 2.45) is 5.92 Å². The number of hydrogen-bond acceptors (Lipinski definition) is 1. The number of nitrogens with one attached hydrogen (secondary N) is 1. The van der Waals surface area contributed by atoms with E-state index in [1.807, 2.05) is 12.1 Å². The molecule has 18 heavy (non-hydrogen) atoms. The van der Waals surface area contributed by atoms with Crippen molar-refractivity contribution in [1.29, 1.82) is 0 Å². The van der Waals surface area contributed by atoms with Crippen molar-refractivity contribution in [2.45, 2.75) is 46.1 Å². The summed E-state index contributed by atoms with van der Waals surface area (Å²) in [6.07, 6.45) is 3.11. The Labute approximate surface area is 118 Å². The normalized spacial score (nSPS) is 14.5. The van der Waals surface area contributed by atoms with Crippen LogP contribution in [0.3, 0.4) is 0 Å². The third kappa shape index (κ3) is 4.69. The van der Waals surface area contributed by atoms with E-state index in [0.29, 0.717) is 12.0 Å². The smallest absolute Gasteiger partial charge is 0.127 e. The molecule has 0 aliphatic rings. The van der Waals surface area contributed by atoms with E-state index in [9.17, 15) is 4.39 Å². The molecule has 0 heterocycles. The van der Waals surface area contributed by atoms with Crippen molar-refractivity contribution >= 4 is 15.9 Å². The molecule has 0 aliphatic heterocycles. The molecule has 2 unspecified atom stereocenters. The van der Waals surface area contributed by atoms with Gasteiger partial charge in [-0.25, -0.2) is 4.39 Å². The van der Waals surface area contributed by atoms with Crippen molar-refractivity contribution in [1.82, 2.24) is 5.32 Å². The summed E-state index contributed by atoms with van der Waals surface area (Å²) in [5, 5.41) is 3.48. The van der Waals surface area contributed by atoms with Gasteiger partial charge in [-0.1, -0.05) is 49.2 Å². The van der Waals surface area contributed by atoms with Gasteiger partial charge in [0.2, 0.25) is 0 Å². The maximum atomic E-state index is 13.8. The van der Waals surface area contributed by atoms with Crippen molar-refractivity contribution < 1.29 is 4.39 Å². The largest absolute Gasteiger partial charge is 0.314 e. The Hall–Kier alpha value is -0.410. The lowest BCUT2D eigenvalue weighted by Crippen LogP contribution is -2.37. The molecule has 0 radical (unpaired) electrons. The van der Waals surface area contributed by atoms with Crippen LogP contribution in [0.5, 0.6) is 0 Å². The van der Waals surface area contributed by atoms with Crippen LogP contribution in [0.4, 0.5) is 4.39 Å². The van der Waals surface area contributed by atoms with Gasteiger partial charge in [-0.2, -0.15) is 0 Å². The van der Waals surface area contributed by atoms with Gasteiger partial charge in [0.1, 0.15) is 5.82 Å². The molecule has 1 aromatic rings. The molecule has 0 aromatic heterocycles. The van der Waals surface area contributed by atoms with Gasteiger partial charge in [0.15, 0.2) is 0 Å². The molecule has 1 aromatic carbocycles. The van der Waals surface area contributed by atoms with Crippen LogP contribution in [0.1, 0.15) is 39.2 Å². The predicted octanol–water partition coefficient (Wildman–Crippen LogP) is 4.55. The lowest BCUT2D eigenvalue weighted by Gasteiger charge is -2.25. The first kappa shape index (κ1) is 15.6. The Kier molecular flexibility index (Phi) is 6.87. The SMILES string of the molecule is CCCC(C)C(Cc1ccc(Br)cc1F)NCC. The number of likely N-dealkylation sites (N-methyl/N-ethyl adjacent to an activating group) is 1. The Morgan fingerprint density at radius 3 is 2.61 bits per heavy atom. The molecule has 0 bridgehead atoms. The van der Waals surface area contributed by atoms with Crippen LogP contribution in [0.15, 0.2) is 22.7 Å². The van der Waals surface area contributed by atoms with Crippen LogP contribution in [-0.4, -0.2) is 12.6 Å². The first-order valence-electron chi connectivity index (χ1n) is 6.75. The van der Waals surface area contributed by atoms with Gasteiger partial charge < -0.3 is 5.32 Å². The molecule has 1 rings (SSSR count). The second-order valence-electron chi connectivity index (χ2n) is 4.87. The standard InChI is InChI=1S/C15H23BrFN/c1-4-6-11(3)15(18-5-2)9-12-7-8-13(16)10-14(12)17/h7-8,10-11,15,18H,4-6,9H2,1-3H3. The highest BCUT2D eigenvalue weighted by atomic mass is 79.9. The minimum Gasteiger partial charge on any atom is -0.314 e. The van der Waals surface area contributed by atoms with E-state index in [1.165, 1.54) is 12.8 Å². The molecule has 3 heteroatoms. The quantitative estimate of drug-likeness (QED) is 0.778. The average Bonchev–Trinajstić information content (AvgIpc) is 2.32. The molecule has 0 fully saturated rings. The fourth-order valence-corrected chi connectivity index (χ4v) is 2.65. The number of halogens is 2. The highest BCUT2D eigenvalue weighted by Gasteiger charge is 2.17. The van der Waals surface area contributed by atoms with Crippen LogP contribution in [0.2, 0.25) is 0 Å². The Morgan fingerprint density at radius 1 is 1.33 bits per heavy atom. The minimum atomic E-state index is -0.115. The van der Waals surface area contributed by atoms with E-state index >= 15 is 0 Å². The van der Waals surface area contributed by atoms with Gasteiger partial charge in [-0.3, -0.25) is 0 Å². The van der Waals surface area contributed by atoms with E-state index in [4.69, 9.17) is 0 Å². The number of benzene rings is 1. The Bertz CT molecular complexity index is 368. The zero-order valence-electron chi connectivity index (χ0n) is 11.5.